The molecule has 0 atom stereocenters. The Hall–Kier alpha value is -2.88. The zero-order valence-corrected chi connectivity index (χ0v) is 17.0. The van der Waals surface area contributed by atoms with Gasteiger partial charge in [0, 0.05) is 22.4 Å². The van der Waals surface area contributed by atoms with Crippen molar-refractivity contribution in [3.8, 4) is 17.0 Å². The molecule has 0 saturated heterocycles. The molecule has 0 bridgehead atoms. The van der Waals surface area contributed by atoms with Gasteiger partial charge >= 0.3 is 5.24 Å². The lowest BCUT2D eigenvalue weighted by Crippen LogP contribution is -2.25. The molecule has 0 unspecified atom stereocenters. The van der Waals surface area contributed by atoms with E-state index in [2.05, 4.69) is 10.3 Å². The normalized spacial score (nSPS) is 10.4. The zero-order valence-electron chi connectivity index (χ0n) is 15.3. The van der Waals surface area contributed by atoms with Crippen molar-refractivity contribution in [1.29, 1.82) is 0 Å². The predicted octanol–water partition coefficient (Wildman–Crippen LogP) is 4.20. The van der Waals surface area contributed by atoms with Crippen LogP contribution >= 0.6 is 23.1 Å². The summed E-state index contributed by atoms with van der Waals surface area (Å²) in [4.78, 5) is 28.4. The van der Waals surface area contributed by atoms with Crippen molar-refractivity contribution in [1.82, 2.24) is 15.8 Å². The van der Waals surface area contributed by atoms with E-state index in [1.54, 1.807) is 29.7 Å². The highest BCUT2D eigenvalue weighted by Crippen LogP contribution is 2.22. The largest absolute Gasteiger partial charge is 0.494 e. The first-order valence-electron chi connectivity index (χ1n) is 8.79. The Morgan fingerprint density at radius 3 is 2.59 bits per heavy atom. The maximum absolute atomic E-state index is 12.2. The lowest BCUT2D eigenvalue weighted by molar-refractivity contribution is 0.0951. The predicted molar refractivity (Wildman–Crippen MR) is 113 cm³/mol. The van der Waals surface area contributed by atoms with E-state index in [1.807, 2.05) is 35.7 Å². The van der Waals surface area contributed by atoms with Crippen LogP contribution in [0.1, 0.15) is 16.2 Å². The molecule has 9 heteroatoms. The molecule has 0 aliphatic carbocycles. The van der Waals surface area contributed by atoms with E-state index >= 15 is 0 Å². The molecule has 0 spiro atoms. The number of aromatic nitrogens is 1. The molecule has 3 rings (SSSR count). The maximum atomic E-state index is 12.2. The van der Waals surface area contributed by atoms with E-state index in [4.69, 9.17) is 9.94 Å². The number of hydroxylamine groups is 1. The molecule has 0 radical (unpaired) electrons. The highest BCUT2D eigenvalue weighted by Gasteiger charge is 2.11. The third-order valence-corrected chi connectivity index (χ3v) is 5.39. The number of benzene rings is 2. The average Bonchev–Trinajstić information content (AvgIpc) is 3.25. The molecule has 0 fully saturated rings. The number of nitrogens with zero attached hydrogens (tertiary/aromatic N) is 1. The second-order valence-electron chi connectivity index (χ2n) is 5.83. The van der Waals surface area contributed by atoms with Gasteiger partial charge in [-0.2, -0.15) is 0 Å². The summed E-state index contributed by atoms with van der Waals surface area (Å²) in [5.41, 5.74) is 3.34. The van der Waals surface area contributed by atoms with Gasteiger partial charge in [-0.25, -0.2) is 10.5 Å². The first kappa shape index (κ1) is 20.8. The molecular formula is C20H19N3O4S2. The fraction of sp³-hybridized carbons (Fsp3) is 0.150. The van der Waals surface area contributed by atoms with Crippen molar-refractivity contribution in [2.75, 3.05) is 13.2 Å². The van der Waals surface area contributed by atoms with Gasteiger partial charge in [-0.3, -0.25) is 14.8 Å². The van der Waals surface area contributed by atoms with Gasteiger partial charge in [-0.1, -0.05) is 30.3 Å². The number of carbonyl (C=O) groups is 2. The highest BCUT2D eigenvalue weighted by atomic mass is 32.2. The van der Waals surface area contributed by atoms with E-state index < -0.39 is 5.24 Å². The van der Waals surface area contributed by atoms with Gasteiger partial charge in [0.25, 0.3) is 5.91 Å². The Kier molecular flexibility index (Phi) is 7.62. The minimum Gasteiger partial charge on any atom is -0.494 e. The van der Waals surface area contributed by atoms with E-state index in [1.165, 1.54) is 11.3 Å². The van der Waals surface area contributed by atoms with Crippen LogP contribution in [0.15, 0.2) is 64.9 Å². The first-order chi connectivity index (χ1) is 14.2. The van der Waals surface area contributed by atoms with Gasteiger partial charge in [0.2, 0.25) is 0 Å². The number of thioether (sulfide) groups is 1. The monoisotopic (exact) mass is 429 g/mol. The van der Waals surface area contributed by atoms with Gasteiger partial charge < -0.3 is 10.1 Å². The van der Waals surface area contributed by atoms with Crippen molar-refractivity contribution >= 4 is 34.2 Å². The van der Waals surface area contributed by atoms with Crippen molar-refractivity contribution < 1.29 is 19.5 Å². The Labute approximate surface area is 176 Å². The molecule has 2 amide bonds. The molecule has 0 aliphatic rings. The van der Waals surface area contributed by atoms with Crippen LogP contribution in [0.4, 0.5) is 4.79 Å². The van der Waals surface area contributed by atoms with Crippen LogP contribution in [0.3, 0.4) is 0 Å². The molecule has 1 heterocycles. The van der Waals surface area contributed by atoms with Crippen LogP contribution in [-0.2, 0) is 0 Å². The molecule has 1 aromatic heterocycles. The minimum absolute atomic E-state index is 0.194. The SMILES string of the molecule is O=C(NO)Sc1ccc(OCCCNC(=O)c2nc(-c3ccccc3)cs2)cc1. The van der Waals surface area contributed by atoms with Crippen molar-refractivity contribution in [2.45, 2.75) is 11.3 Å². The third-order valence-electron chi connectivity index (χ3n) is 3.77. The fourth-order valence-electron chi connectivity index (χ4n) is 2.39. The van der Waals surface area contributed by atoms with Gasteiger partial charge in [0.1, 0.15) is 5.75 Å². The second-order valence-corrected chi connectivity index (χ2v) is 7.74. The van der Waals surface area contributed by atoms with Gasteiger partial charge in [0.05, 0.1) is 12.3 Å². The molecule has 0 saturated carbocycles. The van der Waals surface area contributed by atoms with E-state index in [0.717, 1.165) is 23.0 Å². The molecular weight excluding hydrogens is 410 g/mol. The number of rotatable bonds is 8. The number of amides is 2. The van der Waals surface area contributed by atoms with Crippen molar-refractivity contribution in [3.05, 3.63) is 65.0 Å². The van der Waals surface area contributed by atoms with Crippen LogP contribution in [0.25, 0.3) is 11.3 Å². The molecule has 3 aromatic rings. The molecule has 0 aliphatic heterocycles. The van der Waals surface area contributed by atoms with E-state index in [9.17, 15) is 9.59 Å². The number of hydrogen-bond donors (Lipinski definition) is 3. The van der Waals surface area contributed by atoms with Crippen LogP contribution in [0.2, 0.25) is 0 Å². The Balaban J connectivity index is 1.38. The summed E-state index contributed by atoms with van der Waals surface area (Å²) in [6, 6.07) is 16.7. The number of nitrogens with one attached hydrogen (secondary N) is 2. The smallest absolute Gasteiger partial charge is 0.307 e. The van der Waals surface area contributed by atoms with Crippen LogP contribution < -0.4 is 15.5 Å². The maximum Gasteiger partial charge on any atom is 0.307 e. The Morgan fingerprint density at radius 2 is 1.86 bits per heavy atom. The van der Waals surface area contributed by atoms with Crippen molar-refractivity contribution in [3.63, 3.8) is 0 Å². The van der Waals surface area contributed by atoms with Crippen LogP contribution in [0, 0.1) is 0 Å². The molecule has 2 aromatic carbocycles. The quantitative estimate of drug-likeness (QED) is 0.215. The summed E-state index contributed by atoms with van der Waals surface area (Å²) in [5.74, 6) is 0.471. The average molecular weight is 430 g/mol. The van der Waals surface area contributed by atoms with Crippen molar-refractivity contribution in [2.24, 2.45) is 0 Å². The Morgan fingerprint density at radius 1 is 1.10 bits per heavy atom. The summed E-state index contributed by atoms with van der Waals surface area (Å²) in [5, 5.41) is 13.1. The highest BCUT2D eigenvalue weighted by molar-refractivity contribution is 8.13. The molecule has 29 heavy (non-hydrogen) atoms. The molecule has 150 valence electrons. The Bertz CT molecular complexity index is 946. The summed E-state index contributed by atoms with van der Waals surface area (Å²) in [6.07, 6.45) is 0.645. The summed E-state index contributed by atoms with van der Waals surface area (Å²) in [7, 11) is 0. The van der Waals surface area contributed by atoms with E-state index in [0.29, 0.717) is 35.2 Å². The summed E-state index contributed by atoms with van der Waals surface area (Å²) < 4.78 is 5.62. The fourth-order valence-corrected chi connectivity index (χ4v) is 3.67. The second kappa shape index (κ2) is 10.6. The number of ether oxygens (including phenoxy) is 1. The van der Waals surface area contributed by atoms with Gasteiger partial charge in [0.15, 0.2) is 5.01 Å². The molecule has 7 nitrogen and oxygen atoms in total. The molecule has 3 N–H and O–H groups in total. The zero-order chi connectivity index (χ0) is 20.5. The third kappa shape index (κ3) is 6.31. The standard InChI is InChI=1S/C20H19N3O4S2/c24-18(19-22-17(13-28-19)14-5-2-1-3-6-14)21-11-4-12-27-15-7-9-16(10-8-15)29-20(25)23-26/h1-3,5-10,13,26H,4,11-12H2,(H,21,24)(H,23,25). The number of thiazole rings is 1. The van der Waals surface area contributed by atoms with Crippen LogP contribution in [0.5, 0.6) is 5.75 Å². The topological polar surface area (TPSA) is 101 Å². The van der Waals surface area contributed by atoms with E-state index in [-0.39, 0.29) is 5.91 Å². The summed E-state index contributed by atoms with van der Waals surface area (Å²) in [6.45, 7) is 0.917. The summed E-state index contributed by atoms with van der Waals surface area (Å²) >= 11 is 2.20. The first-order valence-corrected chi connectivity index (χ1v) is 10.5. The van der Waals surface area contributed by atoms with Gasteiger partial charge in [-0.15, -0.1) is 11.3 Å². The lowest BCUT2D eigenvalue weighted by Gasteiger charge is -2.07. The number of carbonyl (C=O) groups excluding carboxylic acids is 2. The number of hydrogen-bond acceptors (Lipinski definition) is 7. The van der Waals surface area contributed by atoms with Gasteiger partial charge in [-0.05, 0) is 42.4 Å². The van der Waals surface area contributed by atoms with Crippen LogP contribution in [-0.4, -0.2) is 34.5 Å². The minimum atomic E-state index is -0.550. The lowest BCUT2D eigenvalue weighted by atomic mass is 10.2.